The van der Waals surface area contributed by atoms with Crippen molar-refractivity contribution in [1.29, 1.82) is 0 Å². The standard InChI is InChI=1S/C20H29N3O2/c1-3-22-11-6-8-17(14-22)21-20(25)13-19-18-9-5-4-7-16(18)10-12-23(19)15(2)24/h4-5,7,9,17,19H,3,6,8,10-14H2,1-2H3,(H,21,25)/t17-,19-/m0/s1. The zero-order valence-electron chi connectivity index (χ0n) is 15.3. The van der Waals surface area contributed by atoms with Crippen LogP contribution >= 0.6 is 0 Å². The largest absolute Gasteiger partial charge is 0.352 e. The minimum absolute atomic E-state index is 0.0436. The van der Waals surface area contributed by atoms with E-state index in [4.69, 9.17) is 0 Å². The van der Waals surface area contributed by atoms with Gasteiger partial charge in [-0.25, -0.2) is 0 Å². The molecule has 2 heterocycles. The number of nitrogens with zero attached hydrogens (tertiary/aromatic N) is 2. The number of likely N-dealkylation sites (tertiary alicyclic amines) is 1. The van der Waals surface area contributed by atoms with E-state index in [0.29, 0.717) is 13.0 Å². The number of nitrogens with one attached hydrogen (secondary N) is 1. The third-order valence-electron chi connectivity index (χ3n) is 5.51. The SMILES string of the molecule is CCN1CCC[C@H](NC(=O)C[C@H]2c3ccccc3CCN2C(C)=O)C1. The van der Waals surface area contributed by atoms with Crippen molar-refractivity contribution in [2.45, 2.75) is 51.6 Å². The number of hydrogen-bond acceptors (Lipinski definition) is 3. The first-order valence-corrected chi connectivity index (χ1v) is 9.45. The van der Waals surface area contributed by atoms with Gasteiger partial charge in [0.25, 0.3) is 0 Å². The molecule has 2 aliphatic rings. The third-order valence-corrected chi connectivity index (χ3v) is 5.51. The minimum atomic E-state index is -0.145. The van der Waals surface area contributed by atoms with Gasteiger partial charge in [0, 0.05) is 26.1 Å². The van der Waals surface area contributed by atoms with Gasteiger partial charge in [-0.05, 0) is 43.5 Å². The summed E-state index contributed by atoms with van der Waals surface area (Å²) >= 11 is 0. The smallest absolute Gasteiger partial charge is 0.222 e. The Kier molecular flexibility index (Phi) is 5.74. The molecule has 5 nitrogen and oxygen atoms in total. The molecular formula is C20H29N3O2. The van der Waals surface area contributed by atoms with Gasteiger partial charge in [0.15, 0.2) is 0 Å². The number of likely N-dealkylation sites (N-methyl/N-ethyl adjacent to an activating group) is 1. The molecule has 136 valence electrons. The highest BCUT2D eigenvalue weighted by Gasteiger charge is 2.31. The summed E-state index contributed by atoms with van der Waals surface area (Å²) in [6, 6.07) is 8.27. The topological polar surface area (TPSA) is 52.7 Å². The lowest BCUT2D eigenvalue weighted by atomic mass is 9.90. The fraction of sp³-hybridized carbons (Fsp3) is 0.600. The average Bonchev–Trinajstić information content (AvgIpc) is 2.61. The Hall–Kier alpha value is -1.88. The van der Waals surface area contributed by atoms with Crippen LogP contribution in [-0.4, -0.2) is 53.8 Å². The summed E-state index contributed by atoms with van der Waals surface area (Å²) in [6.45, 7) is 7.53. The number of carbonyl (C=O) groups is 2. The molecule has 0 spiro atoms. The van der Waals surface area contributed by atoms with Crippen molar-refractivity contribution in [2.24, 2.45) is 0 Å². The normalized spacial score (nSPS) is 23.8. The van der Waals surface area contributed by atoms with Crippen LogP contribution in [0.3, 0.4) is 0 Å². The molecule has 0 unspecified atom stereocenters. The quantitative estimate of drug-likeness (QED) is 0.911. The predicted octanol–water partition coefficient (Wildman–Crippen LogP) is 2.12. The molecule has 1 saturated heterocycles. The van der Waals surface area contributed by atoms with E-state index < -0.39 is 0 Å². The van der Waals surface area contributed by atoms with Gasteiger partial charge < -0.3 is 15.1 Å². The van der Waals surface area contributed by atoms with Crippen LogP contribution < -0.4 is 5.32 Å². The summed E-state index contributed by atoms with van der Waals surface area (Å²) in [5.41, 5.74) is 2.38. The van der Waals surface area contributed by atoms with E-state index in [1.807, 2.05) is 17.0 Å². The van der Waals surface area contributed by atoms with Gasteiger partial charge in [0.05, 0.1) is 12.5 Å². The van der Waals surface area contributed by atoms with Crippen molar-refractivity contribution in [3.63, 3.8) is 0 Å². The highest BCUT2D eigenvalue weighted by atomic mass is 16.2. The molecular weight excluding hydrogens is 314 g/mol. The molecule has 5 heteroatoms. The fourth-order valence-electron chi connectivity index (χ4n) is 4.17. The Balaban J connectivity index is 1.68. The summed E-state index contributed by atoms with van der Waals surface area (Å²) in [5, 5.41) is 3.20. The summed E-state index contributed by atoms with van der Waals surface area (Å²) in [4.78, 5) is 29.0. The molecule has 1 aromatic rings. The molecule has 2 atom stereocenters. The van der Waals surface area contributed by atoms with Gasteiger partial charge in [0.2, 0.25) is 11.8 Å². The molecule has 3 rings (SSSR count). The fourth-order valence-corrected chi connectivity index (χ4v) is 4.17. The maximum absolute atomic E-state index is 12.7. The van der Waals surface area contributed by atoms with Crippen LogP contribution in [0.1, 0.15) is 50.3 Å². The Morgan fingerprint density at radius 3 is 2.80 bits per heavy atom. The Labute approximate surface area is 150 Å². The molecule has 1 fully saturated rings. The number of hydrogen-bond donors (Lipinski definition) is 1. The van der Waals surface area contributed by atoms with E-state index in [1.54, 1.807) is 6.92 Å². The van der Waals surface area contributed by atoms with E-state index in [2.05, 4.69) is 29.3 Å². The van der Waals surface area contributed by atoms with Crippen LogP contribution in [0.15, 0.2) is 24.3 Å². The van der Waals surface area contributed by atoms with Gasteiger partial charge >= 0.3 is 0 Å². The van der Waals surface area contributed by atoms with Gasteiger partial charge in [-0.2, -0.15) is 0 Å². The summed E-state index contributed by atoms with van der Waals surface area (Å²) in [7, 11) is 0. The number of amides is 2. The summed E-state index contributed by atoms with van der Waals surface area (Å²) < 4.78 is 0. The second kappa shape index (κ2) is 8.00. The van der Waals surface area contributed by atoms with Crippen LogP contribution in [0.4, 0.5) is 0 Å². The number of carbonyl (C=O) groups excluding carboxylic acids is 2. The van der Waals surface area contributed by atoms with Crippen molar-refractivity contribution in [2.75, 3.05) is 26.2 Å². The van der Waals surface area contributed by atoms with Gasteiger partial charge in [-0.15, -0.1) is 0 Å². The molecule has 25 heavy (non-hydrogen) atoms. The van der Waals surface area contributed by atoms with Crippen LogP contribution in [0.25, 0.3) is 0 Å². The van der Waals surface area contributed by atoms with Crippen LogP contribution in [0.2, 0.25) is 0 Å². The lowest BCUT2D eigenvalue weighted by molar-refractivity contribution is -0.133. The van der Waals surface area contributed by atoms with Crippen molar-refractivity contribution in [3.8, 4) is 0 Å². The highest BCUT2D eigenvalue weighted by Crippen LogP contribution is 2.32. The second-order valence-corrected chi connectivity index (χ2v) is 7.18. The van der Waals surface area contributed by atoms with E-state index in [1.165, 1.54) is 5.56 Å². The van der Waals surface area contributed by atoms with E-state index in [0.717, 1.165) is 44.5 Å². The first-order chi connectivity index (χ1) is 12.1. The Morgan fingerprint density at radius 2 is 2.04 bits per heavy atom. The van der Waals surface area contributed by atoms with E-state index in [9.17, 15) is 9.59 Å². The van der Waals surface area contributed by atoms with Crippen molar-refractivity contribution >= 4 is 11.8 Å². The Morgan fingerprint density at radius 1 is 1.24 bits per heavy atom. The first-order valence-electron chi connectivity index (χ1n) is 9.45. The van der Waals surface area contributed by atoms with Crippen molar-refractivity contribution in [3.05, 3.63) is 35.4 Å². The lowest BCUT2D eigenvalue weighted by Gasteiger charge is -2.37. The van der Waals surface area contributed by atoms with Crippen LogP contribution in [0.5, 0.6) is 0 Å². The molecule has 1 N–H and O–H groups in total. The molecule has 0 radical (unpaired) electrons. The maximum Gasteiger partial charge on any atom is 0.222 e. The molecule has 0 saturated carbocycles. The molecule has 2 aliphatic heterocycles. The summed E-state index contributed by atoms with van der Waals surface area (Å²) in [5.74, 6) is 0.0954. The van der Waals surface area contributed by atoms with Crippen LogP contribution in [-0.2, 0) is 16.0 Å². The number of rotatable bonds is 4. The monoisotopic (exact) mass is 343 g/mol. The van der Waals surface area contributed by atoms with Crippen molar-refractivity contribution < 1.29 is 9.59 Å². The minimum Gasteiger partial charge on any atom is -0.352 e. The Bertz CT molecular complexity index is 631. The maximum atomic E-state index is 12.7. The van der Waals surface area contributed by atoms with Crippen LogP contribution in [0, 0.1) is 0 Å². The molecule has 2 amide bonds. The number of piperidine rings is 1. The third kappa shape index (κ3) is 4.21. The van der Waals surface area contributed by atoms with Crippen molar-refractivity contribution in [1.82, 2.24) is 15.1 Å². The van der Waals surface area contributed by atoms with Gasteiger partial charge in [0.1, 0.15) is 0 Å². The van der Waals surface area contributed by atoms with E-state index >= 15 is 0 Å². The van der Waals surface area contributed by atoms with Gasteiger partial charge in [-0.3, -0.25) is 9.59 Å². The molecule has 0 aliphatic carbocycles. The number of benzene rings is 1. The first kappa shape index (κ1) is 17.9. The van der Waals surface area contributed by atoms with Gasteiger partial charge in [-0.1, -0.05) is 31.2 Å². The average molecular weight is 343 g/mol. The molecule has 1 aromatic carbocycles. The molecule has 0 aromatic heterocycles. The lowest BCUT2D eigenvalue weighted by Crippen LogP contribution is -2.48. The zero-order chi connectivity index (χ0) is 17.8. The zero-order valence-corrected chi connectivity index (χ0v) is 15.3. The predicted molar refractivity (Wildman–Crippen MR) is 98.2 cm³/mol. The van der Waals surface area contributed by atoms with E-state index in [-0.39, 0.29) is 23.9 Å². The highest BCUT2D eigenvalue weighted by molar-refractivity contribution is 5.80. The number of fused-ring (bicyclic) bond motifs is 1. The molecule has 0 bridgehead atoms. The summed E-state index contributed by atoms with van der Waals surface area (Å²) in [6.07, 6.45) is 3.38. The second-order valence-electron chi connectivity index (χ2n) is 7.18.